The average Bonchev–Trinajstić information content (AvgIpc) is 2.92. The van der Waals surface area contributed by atoms with Crippen LogP contribution in [0.3, 0.4) is 0 Å². The molecule has 2 aromatic rings. The number of hydrogen-bond acceptors (Lipinski definition) is 6. The minimum absolute atomic E-state index is 0.334. The van der Waals surface area contributed by atoms with Gasteiger partial charge in [-0.15, -0.1) is 0 Å². The molecule has 0 aliphatic carbocycles. The van der Waals surface area contributed by atoms with Gasteiger partial charge < -0.3 is 14.6 Å². The highest BCUT2D eigenvalue weighted by molar-refractivity contribution is 5.47. The number of furan rings is 1. The van der Waals surface area contributed by atoms with E-state index in [0.29, 0.717) is 18.3 Å². The number of hydrogen-bond donors (Lipinski definition) is 2. The van der Waals surface area contributed by atoms with E-state index in [-0.39, 0.29) is 0 Å². The average molecular weight is 262 g/mol. The summed E-state index contributed by atoms with van der Waals surface area (Å²) in [5.74, 6) is 8.05. The van der Waals surface area contributed by atoms with Crippen molar-refractivity contribution in [2.45, 2.75) is 33.3 Å². The minimum atomic E-state index is 0.334. The standard InChI is InChI=1S/C13H18N4O2/c1-3-5-11-15-12(17-14)9(2)13(16-11)19-8-10-6-4-7-18-10/h4,6-7H,3,5,8,14H2,1-2H3,(H,15,16,17). The normalized spacial score (nSPS) is 10.5. The Morgan fingerprint density at radius 2 is 2.26 bits per heavy atom. The van der Waals surface area contributed by atoms with Gasteiger partial charge in [0.2, 0.25) is 5.88 Å². The van der Waals surface area contributed by atoms with Gasteiger partial charge in [0, 0.05) is 6.42 Å². The molecule has 6 nitrogen and oxygen atoms in total. The fourth-order valence-electron chi connectivity index (χ4n) is 1.69. The van der Waals surface area contributed by atoms with Crippen molar-refractivity contribution in [3.05, 3.63) is 35.5 Å². The first kappa shape index (κ1) is 13.4. The first-order valence-corrected chi connectivity index (χ1v) is 6.24. The molecule has 0 saturated carbocycles. The third-order valence-corrected chi connectivity index (χ3v) is 2.69. The van der Waals surface area contributed by atoms with E-state index in [1.54, 1.807) is 6.26 Å². The first-order chi connectivity index (χ1) is 9.24. The second-order valence-electron chi connectivity index (χ2n) is 4.18. The number of nitrogens with zero attached hydrogens (tertiary/aromatic N) is 2. The minimum Gasteiger partial charge on any atom is -0.469 e. The van der Waals surface area contributed by atoms with Crippen LogP contribution in [0.15, 0.2) is 22.8 Å². The molecule has 0 aliphatic rings. The lowest BCUT2D eigenvalue weighted by Crippen LogP contribution is -2.13. The van der Waals surface area contributed by atoms with Gasteiger partial charge in [0.05, 0.1) is 11.8 Å². The highest BCUT2D eigenvalue weighted by atomic mass is 16.5. The number of aryl methyl sites for hydroxylation is 1. The van der Waals surface area contributed by atoms with Crippen LogP contribution in [-0.4, -0.2) is 9.97 Å². The van der Waals surface area contributed by atoms with E-state index in [4.69, 9.17) is 15.0 Å². The Labute approximate surface area is 112 Å². The van der Waals surface area contributed by atoms with Crippen LogP contribution in [0.4, 0.5) is 5.82 Å². The van der Waals surface area contributed by atoms with Crippen LogP contribution in [0, 0.1) is 6.92 Å². The third kappa shape index (κ3) is 3.23. The number of nitrogens with one attached hydrogen (secondary N) is 1. The SMILES string of the molecule is CCCc1nc(NN)c(C)c(OCc2ccco2)n1. The van der Waals surface area contributed by atoms with Crippen LogP contribution in [0.5, 0.6) is 5.88 Å². The summed E-state index contributed by atoms with van der Waals surface area (Å²) < 4.78 is 10.9. The molecule has 0 fully saturated rings. The van der Waals surface area contributed by atoms with Crippen LogP contribution in [0.2, 0.25) is 0 Å². The molecule has 0 saturated heterocycles. The van der Waals surface area contributed by atoms with Crippen molar-refractivity contribution in [3.8, 4) is 5.88 Å². The van der Waals surface area contributed by atoms with Gasteiger partial charge in [-0.25, -0.2) is 10.8 Å². The molecule has 0 aliphatic heterocycles. The van der Waals surface area contributed by atoms with Crippen molar-refractivity contribution in [2.24, 2.45) is 5.84 Å². The first-order valence-electron chi connectivity index (χ1n) is 6.24. The van der Waals surface area contributed by atoms with Gasteiger partial charge >= 0.3 is 0 Å². The van der Waals surface area contributed by atoms with Crippen molar-refractivity contribution in [1.29, 1.82) is 0 Å². The number of nitrogens with two attached hydrogens (primary N) is 1. The maximum atomic E-state index is 5.67. The highest BCUT2D eigenvalue weighted by Gasteiger charge is 2.11. The molecule has 0 unspecified atom stereocenters. The summed E-state index contributed by atoms with van der Waals surface area (Å²) in [7, 11) is 0. The number of anilines is 1. The quantitative estimate of drug-likeness (QED) is 0.613. The van der Waals surface area contributed by atoms with E-state index in [2.05, 4.69) is 22.3 Å². The zero-order valence-corrected chi connectivity index (χ0v) is 11.1. The monoisotopic (exact) mass is 262 g/mol. The fraction of sp³-hybridized carbons (Fsp3) is 0.385. The predicted molar refractivity (Wildman–Crippen MR) is 71.6 cm³/mol. The molecule has 0 amide bonds. The maximum absolute atomic E-state index is 5.67. The highest BCUT2D eigenvalue weighted by Crippen LogP contribution is 2.22. The topological polar surface area (TPSA) is 86.2 Å². The fourth-order valence-corrected chi connectivity index (χ4v) is 1.69. The van der Waals surface area contributed by atoms with Gasteiger partial charge in [0.15, 0.2) is 0 Å². The Balaban J connectivity index is 2.19. The molecular formula is C13H18N4O2. The zero-order chi connectivity index (χ0) is 13.7. The lowest BCUT2D eigenvalue weighted by Gasteiger charge is -2.12. The van der Waals surface area contributed by atoms with E-state index >= 15 is 0 Å². The summed E-state index contributed by atoms with van der Waals surface area (Å²) in [6.45, 7) is 4.27. The number of ether oxygens (including phenoxy) is 1. The second-order valence-corrected chi connectivity index (χ2v) is 4.18. The Kier molecular flexibility index (Phi) is 4.35. The molecule has 0 radical (unpaired) electrons. The molecule has 0 atom stereocenters. The van der Waals surface area contributed by atoms with Gasteiger partial charge in [-0.2, -0.15) is 4.98 Å². The Morgan fingerprint density at radius 3 is 2.89 bits per heavy atom. The second kappa shape index (κ2) is 6.19. The van der Waals surface area contributed by atoms with Crippen molar-refractivity contribution in [2.75, 3.05) is 5.43 Å². The van der Waals surface area contributed by atoms with Gasteiger partial charge in [-0.3, -0.25) is 0 Å². The van der Waals surface area contributed by atoms with E-state index in [1.165, 1.54) is 0 Å². The summed E-state index contributed by atoms with van der Waals surface area (Å²) in [4.78, 5) is 8.74. The van der Waals surface area contributed by atoms with Crippen LogP contribution in [-0.2, 0) is 13.0 Å². The third-order valence-electron chi connectivity index (χ3n) is 2.69. The van der Waals surface area contributed by atoms with E-state index in [0.717, 1.165) is 30.0 Å². The summed E-state index contributed by atoms with van der Waals surface area (Å²) in [5, 5.41) is 0. The molecule has 2 aromatic heterocycles. The van der Waals surface area contributed by atoms with Crippen molar-refractivity contribution in [3.63, 3.8) is 0 Å². The molecular weight excluding hydrogens is 244 g/mol. The predicted octanol–water partition coefficient (Wildman–Crippen LogP) is 2.20. The number of nitrogen functional groups attached to an aromatic ring is 1. The molecule has 19 heavy (non-hydrogen) atoms. The zero-order valence-electron chi connectivity index (χ0n) is 11.1. The summed E-state index contributed by atoms with van der Waals surface area (Å²) in [6, 6.07) is 3.67. The van der Waals surface area contributed by atoms with E-state index in [1.807, 2.05) is 19.1 Å². The van der Waals surface area contributed by atoms with Crippen LogP contribution >= 0.6 is 0 Å². The molecule has 2 rings (SSSR count). The van der Waals surface area contributed by atoms with Gasteiger partial charge in [0.25, 0.3) is 0 Å². The lowest BCUT2D eigenvalue weighted by atomic mass is 10.3. The molecule has 2 heterocycles. The number of rotatable bonds is 6. The van der Waals surface area contributed by atoms with Crippen LogP contribution in [0.1, 0.15) is 30.5 Å². The van der Waals surface area contributed by atoms with E-state index < -0.39 is 0 Å². The molecule has 0 aromatic carbocycles. The van der Waals surface area contributed by atoms with Gasteiger partial charge in [-0.05, 0) is 25.5 Å². The van der Waals surface area contributed by atoms with Gasteiger partial charge in [-0.1, -0.05) is 6.92 Å². The lowest BCUT2D eigenvalue weighted by molar-refractivity contribution is 0.257. The molecule has 0 spiro atoms. The molecule has 0 bridgehead atoms. The summed E-state index contributed by atoms with van der Waals surface area (Å²) in [6.07, 6.45) is 3.36. The number of aromatic nitrogens is 2. The number of hydrazine groups is 1. The van der Waals surface area contributed by atoms with Gasteiger partial charge in [0.1, 0.15) is 24.0 Å². The van der Waals surface area contributed by atoms with Crippen molar-refractivity contribution in [1.82, 2.24) is 9.97 Å². The summed E-state index contributed by atoms with van der Waals surface area (Å²) >= 11 is 0. The summed E-state index contributed by atoms with van der Waals surface area (Å²) in [5.41, 5.74) is 3.36. The van der Waals surface area contributed by atoms with Crippen LogP contribution in [0.25, 0.3) is 0 Å². The smallest absolute Gasteiger partial charge is 0.222 e. The van der Waals surface area contributed by atoms with Crippen molar-refractivity contribution < 1.29 is 9.15 Å². The largest absolute Gasteiger partial charge is 0.469 e. The molecule has 3 N–H and O–H groups in total. The Bertz CT molecular complexity index is 526. The van der Waals surface area contributed by atoms with Crippen molar-refractivity contribution >= 4 is 5.82 Å². The molecule has 102 valence electrons. The molecule has 6 heteroatoms. The van der Waals surface area contributed by atoms with E-state index in [9.17, 15) is 0 Å². The van der Waals surface area contributed by atoms with Crippen LogP contribution < -0.4 is 16.0 Å². The Hall–Kier alpha value is -2.08. The Morgan fingerprint density at radius 1 is 1.42 bits per heavy atom. The maximum Gasteiger partial charge on any atom is 0.222 e.